The number of Topliss-reactive ketones (excluding diaryl/α,β-unsaturated/α-hetero) is 1. The van der Waals surface area contributed by atoms with Gasteiger partial charge in [-0.3, -0.25) is 14.4 Å². The largest absolute Gasteiger partial charge is 0.490 e. The molecule has 4 aromatic carbocycles. The molecule has 0 spiro atoms. The Morgan fingerprint density at radius 3 is 2.04 bits per heavy atom. The van der Waals surface area contributed by atoms with E-state index in [1.165, 1.54) is 11.3 Å². The van der Waals surface area contributed by atoms with Gasteiger partial charge in [-0.1, -0.05) is 72.8 Å². The summed E-state index contributed by atoms with van der Waals surface area (Å²) in [5.74, 6) is -3.57. The van der Waals surface area contributed by atoms with Crippen molar-refractivity contribution in [2.45, 2.75) is 25.2 Å². The van der Waals surface area contributed by atoms with Crippen molar-refractivity contribution < 1.29 is 37.5 Å². The molecule has 0 fully saturated rings. The van der Waals surface area contributed by atoms with Crippen LogP contribution < -0.4 is 16.4 Å². The van der Waals surface area contributed by atoms with Gasteiger partial charge in [0.1, 0.15) is 6.04 Å². The van der Waals surface area contributed by atoms with Crippen LogP contribution in [-0.4, -0.2) is 39.8 Å². The van der Waals surface area contributed by atoms with E-state index in [1.807, 2.05) is 48.5 Å². The van der Waals surface area contributed by atoms with Crippen molar-refractivity contribution in [2.24, 2.45) is 5.73 Å². The minimum absolute atomic E-state index is 0.133. The van der Waals surface area contributed by atoms with Gasteiger partial charge in [-0.05, 0) is 47.0 Å². The van der Waals surface area contributed by atoms with E-state index in [1.54, 1.807) is 54.6 Å². The summed E-state index contributed by atoms with van der Waals surface area (Å²) in [5.41, 5.74) is 9.92. The van der Waals surface area contributed by atoms with E-state index in [4.69, 9.17) is 15.6 Å². The maximum Gasteiger partial charge on any atom is 0.490 e. The Bertz CT molecular complexity index is 1830. The van der Waals surface area contributed by atoms with Crippen LogP contribution in [0.1, 0.15) is 42.9 Å². The third-order valence-electron chi connectivity index (χ3n) is 6.46. The standard InChI is InChI=1S/C31H26N4O3S.C2HF3O2/c32-19-21-11-13-22(14-12-21)28(35-30(38)23-9-5-2-6-10-23)29(37)31-34-25-16-15-24(18-26(25)39-31)33-27(36)17-20-7-3-1-4-8-20;3-2(4,5)1(6)7/h1-16,18,28H,17,19,32H2,(H,33,36)(H,35,38);(H,6,7). The molecule has 46 heavy (non-hydrogen) atoms. The zero-order valence-electron chi connectivity index (χ0n) is 24.0. The number of carbonyl (C=O) groups excluding carboxylic acids is 3. The second-order valence-electron chi connectivity index (χ2n) is 9.80. The number of alkyl halides is 3. The van der Waals surface area contributed by atoms with E-state index >= 15 is 0 Å². The Hall–Kier alpha value is -5.40. The zero-order valence-corrected chi connectivity index (χ0v) is 24.8. The first-order valence-corrected chi connectivity index (χ1v) is 14.5. The quantitative estimate of drug-likeness (QED) is 0.145. The Morgan fingerprint density at radius 2 is 1.46 bits per heavy atom. The van der Waals surface area contributed by atoms with Gasteiger partial charge in [-0.2, -0.15) is 13.2 Å². The lowest BCUT2D eigenvalue weighted by Crippen LogP contribution is -2.34. The molecule has 1 unspecified atom stereocenters. The SMILES string of the molecule is NCc1ccc(C(NC(=O)c2ccccc2)C(=O)c2nc3ccc(NC(=O)Cc4ccccc4)cc3s2)cc1.O=C(O)C(F)(F)F. The zero-order chi connectivity index (χ0) is 33.3. The molecular formula is C33H27F3N4O5S. The first-order chi connectivity index (χ1) is 21.9. The predicted octanol–water partition coefficient (Wildman–Crippen LogP) is 5.92. The summed E-state index contributed by atoms with van der Waals surface area (Å²) in [6, 6.07) is 29.9. The number of ketones is 1. The summed E-state index contributed by atoms with van der Waals surface area (Å²) in [5, 5.41) is 13.2. The summed E-state index contributed by atoms with van der Waals surface area (Å²) in [6.45, 7) is 0.372. The molecule has 1 heterocycles. The van der Waals surface area contributed by atoms with E-state index in [9.17, 15) is 27.6 Å². The van der Waals surface area contributed by atoms with Crippen molar-refractivity contribution in [1.29, 1.82) is 0 Å². The van der Waals surface area contributed by atoms with Crippen molar-refractivity contribution in [2.75, 3.05) is 5.32 Å². The van der Waals surface area contributed by atoms with Gasteiger partial charge in [0.15, 0.2) is 5.01 Å². The van der Waals surface area contributed by atoms with Crippen LogP contribution >= 0.6 is 11.3 Å². The molecular weight excluding hydrogens is 621 g/mol. The second-order valence-corrected chi connectivity index (χ2v) is 10.8. The molecule has 5 rings (SSSR count). The molecule has 0 radical (unpaired) electrons. The van der Waals surface area contributed by atoms with Gasteiger partial charge >= 0.3 is 12.1 Å². The molecule has 9 nitrogen and oxygen atoms in total. The van der Waals surface area contributed by atoms with E-state index in [2.05, 4.69) is 15.6 Å². The Labute approximate surface area is 264 Å². The van der Waals surface area contributed by atoms with Crippen LogP contribution in [0.15, 0.2) is 103 Å². The van der Waals surface area contributed by atoms with E-state index in [0.29, 0.717) is 28.9 Å². The van der Waals surface area contributed by atoms with Gasteiger partial charge in [0.25, 0.3) is 5.91 Å². The van der Waals surface area contributed by atoms with Crippen LogP contribution in [0.25, 0.3) is 10.2 Å². The minimum Gasteiger partial charge on any atom is -0.475 e. The van der Waals surface area contributed by atoms with Crippen LogP contribution in [0.4, 0.5) is 18.9 Å². The molecule has 0 aliphatic heterocycles. The fourth-order valence-electron chi connectivity index (χ4n) is 4.17. The summed E-state index contributed by atoms with van der Waals surface area (Å²) in [7, 11) is 0. The van der Waals surface area contributed by atoms with Crippen LogP contribution in [0.3, 0.4) is 0 Å². The van der Waals surface area contributed by atoms with Crippen LogP contribution in [0.5, 0.6) is 0 Å². The number of carbonyl (C=O) groups is 4. The molecule has 0 saturated heterocycles. The van der Waals surface area contributed by atoms with Gasteiger partial charge in [0.2, 0.25) is 11.7 Å². The lowest BCUT2D eigenvalue weighted by molar-refractivity contribution is -0.192. The molecule has 1 atom stereocenters. The van der Waals surface area contributed by atoms with Gasteiger partial charge in [-0.15, -0.1) is 11.3 Å². The number of thiazole rings is 1. The number of hydrogen-bond acceptors (Lipinski definition) is 7. The van der Waals surface area contributed by atoms with Crippen LogP contribution in [0.2, 0.25) is 0 Å². The van der Waals surface area contributed by atoms with Crippen molar-refractivity contribution in [3.05, 3.63) is 130 Å². The highest BCUT2D eigenvalue weighted by Crippen LogP contribution is 2.29. The number of anilines is 1. The van der Waals surface area contributed by atoms with Gasteiger partial charge in [-0.25, -0.2) is 9.78 Å². The van der Waals surface area contributed by atoms with Gasteiger partial charge < -0.3 is 21.5 Å². The lowest BCUT2D eigenvalue weighted by Gasteiger charge is -2.17. The van der Waals surface area contributed by atoms with E-state index in [0.717, 1.165) is 15.8 Å². The number of amides is 2. The summed E-state index contributed by atoms with van der Waals surface area (Å²) < 4.78 is 32.5. The molecule has 0 aliphatic carbocycles. The Balaban J connectivity index is 0.000000617. The number of aliphatic carboxylic acids is 1. The fourth-order valence-corrected chi connectivity index (χ4v) is 5.14. The lowest BCUT2D eigenvalue weighted by atomic mass is 10.0. The Morgan fingerprint density at radius 1 is 0.848 bits per heavy atom. The van der Waals surface area contributed by atoms with E-state index < -0.39 is 18.2 Å². The first-order valence-electron chi connectivity index (χ1n) is 13.7. The van der Waals surface area contributed by atoms with Crippen molar-refractivity contribution in [3.63, 3.8) is 0 Å². The number of rotatable bonds is 9. The highest BCUT2D eigenvalue weighted by atomic mass is 32.1. The van der Waals surface area contributed by atoms with Crippen molar-refractivity contribution in [1.82, 2.24) is 10.3 Å². The molecule has 0 saturated carbocycles. The number of nitrogens with zero attached hydrogens (tertiary/aromatic N) is 1. The fraction of sp³-hybridized carbons (Fsp3) is 0.121. The second kappa shape index (κ2) is 15.1. The average Bonchev–Trinajstić information content (AvgIpc) is 3.47. The van der Waals surface area contributed by atoms with E-state index in [-0.39, 0.29) is 29.0 Å². The summed E-state index contributed by atoms with van der Waals surface area (Å²) in [6.07, 6.45) is -4.82. The topological polar surface area (TPSA) is 151 Å². The smallest absolute Gasteiger partial charge is 0.475 e. The number of hydrogen-bond donors (Lipinski definition) is 4. The van der Waals surface area contributed by atoms with Crippen molar-refractivity contribution >= 4 is 50.8 Å². The molecule has 236 valence electrons. The number of carboxylic acids is 1. The molecule has 0 aliphatic rings. The molecule has 5 aromatic rings. The van der Waals surface area contributed by atoms with Crippen LogP contribution in [-0.2, 0) is 22.6 Å². The monoisotopic (exact) mass is 648 g/mol. The predicted molar refractivity (Wildman–Crippen MR) is 167 cm³/mol. The number of halogens is 3. The van der Waals surface area contributed by atoms with Gasteiger partial charge in [0, 0.05) is 17.8 Å². The molecule has 13 heteroatoms. The Kier molecular flexibility index (Phi) is 11.0. The third-order valence-corrected chi connectivity index (χ3v) is 7.49. The number of benzene rings is 4. The third kappa shape index (κ3) is 9.06. The molecule has 1 aromatic heterocycles. The number of nitrogens with two attached hydrogens (primary N) is 1. The maximum absolute atomic E-state index is 13.7. The summed E-state index contributed by atoms with van der Waals surface area (Å²) >= 11 is 1.22. The van der Waals surface area contributed by atoms with Crippen LogP contribution in [0, 0.1) is 0 Å². The number of nitrogens with one attached hydrogen (secondary N) is 2. The number of carboxylic acid groups (broad SMARTS) is 1. The summed E-state index contributed by atoms with van der Waals surface area (Å²) in [4.78, 5) is 52.7. The van der Waals surface area contributed by atoms with Crippen molar-refractivity contribution in [3.8, 4) is 0 Å². The maximum atomic E-state index is 13.7. The number of aromatic nitrogens is 1. The highest BCUT2D eigenvalue weighted by molar-refractivity contribution is 7.20. The normalized spacial score (nSPS) is 11.6. The molecule has 5 N–H and O–H groups in total. The minimum atomic E-state index is -5.08. The first kappa shape index (κ1) is 33.5. The van der Waals surface area contributed by atoms with Gasteiger partial charge in [0.05, 0.1) is 16.6 Å². The highest BCUT2D eigenvalue weighted by Gasteiger charge is 2.38. The molecule has 0 bridgehead atoms. The number of fused-ring (bicyclic) bond motifs is 1. The average molecular weight is 649 g/mol. The molecule has 2 amide bonds.